The van der Waals surface area contributed by atoms with E-state index in [1.165, 1.54) is 11.3 Å². The van der Waals surface area contributed by atoms with Crippen LogP contribution in [0, 0.1) is 6.92 Å². The molecule has 0 saturated carbocycles. The number of amides is 1. The topological polar surface area (TPSA) is 75.9 Å². The van der Waals surface area contributed by atoms with Crippen molar-refractivity contribution in [1.82, 2.24) is 24.6 Å². The van der Waals surface area contributed by atoms with Gasteiger partial charge in [-0.2, -0.15) is 5.10 Å². The summed E-state index contributed by atoms with van der Waals surface area (Å²) in [5.41, 5.74) is 2.21. The third-order valence-electron chi connectivity index (χ3n) is 5.81. The van der Waals surface area contributed by atoms with E-state index in [4.69, 9.17) is 0 Å². The number of carbonyl (C=O) groups is 1. The Hall–Kier alpha value is -3.10. The van der Waals surface area contributed by atoms with Gasteiger partial charge in [-0.05, 0) is 63.0 Å². The fraction of sp³-hybridized carbons (Fsp3) is 0.304. The van der Waals surface area contributed by atoms with Crippen LogP contribution < -0.4 is 5.32 Å². The summed E-state index contributed by atoms with van der Waals surface area (Å²) < 4.78 is 2.11. The van der Waals surface area contributed by atoms with E-state index in [0.29, 0.717) is 16.7 Å². The van der Waals surface area contributed by atoms with Crippen LogP contribution in [0.5, 0.6) is 0 Å². The maximum atomic E-state index is 12.4. The number of pyridine rings is 1. The van der Waals surface area contributed by atoms with Crippen molar-refractivity contribution >= 4 is 33.8 Å². The minimum Gasteiger partial charge on any atom is -0.306 e. The van der Waals surface area contributed by atoms with Crippen molar-refractivity contribution in [3.8, 4) is 11.1 Å². The molecule has 158 valence electrons. The van der Waals surface area contributed by atoms with E-state index in [0.717, 1.165) is 52.8 Å². The molecule has 1 aliphatic rings. The fourth-order valence-corrected chi connectivity index (χ4v) is 4.65. The van der Waals surface area contributed by atoms with Gasteiger partial charge in [-0.25, -0.2) is 9.97 Å². The first-order valence-corrected chi connectivity index (χ1v) is 11.2. The van der Waals surface area contributed by atoms with E-state index in [1.807, 2.05) is 19.2 Å². The summed E-state index contributed by atoms with van der Waals surface area (Å²) in [6.45, 7) is 4.10. The lowest BCUT2D eigenvalue weighted by molar-refractivity contribution is 0.103. The molecule has 1 N–H and O–H groups in total. The molecule has 0 spiro atoms. The van der Waals surface area contributed by atoms with Crippen LogP contribution in [0.25, 0.3) is 21.9 Å². The van der Waals surface area contributed by atoms with E-state index in [9.17, 15) is 4.79 Å². The largest absolute Gasteiger partial charge is 0.306 e. The van der Waals surface area contributed by atoms with Crippen LogP contribution in [0.3, 0.4) is 0 Å². The molecule has 4 heterocycles. The van der Waals surface area contributed by atoms with Gasteiger partial charge in [0.05, 0.1) is 23.4 Å². The zero-order valence-corrected chi connectivity index (χ0v) is 18.4. The number of anilines is 1. The van der Waals surface area contributed by atoms with Gasteiger partial charge in [0.1, 0.15) is 10.7 Å². The first-order valence-electron chi connectivity index (χ1n) is 10.4. The van der Waals surface area contributed by atoms with Gasteiger partial charge in [0.15, 0.2) is 0 Å². The summed E-state index contributed by atoms with van der Waals surface area (Å²) >= 11 is 1.37. The second-order valence-electron chi connectivity index (χ2n) is 8.07. The van der Waals surface area contributed by atoms with Crippen LogP contribution in [0.1, 0.15) is 33.6 Å². The van der Waals surface area contributed by atoms with Crippen LogP contribution in [-0.4, -0.2) is 50.7 Å². The molecule has 0 bridgehead atoms. The van der Waals surface area contributed by atoms with Crippen LogP contribution >= 0.6 is 11.3 Å². The van der Waals surface area contributed by atoms with E-state index in [-0.39, 0.29) is 5.91 Å². The molecule has 1 aliphatic heterocycles. The highest BCUT2D eigenvalue weighted by atomic mass is 32.1. The summed E-state index contributed by atoms with van der Waals surface area (Å²) in [4.78, 5) is 23.9. The number of aromatic nitrogens is 4. The second-order valence-corrected chi connectivity index (χ2v) is 9.31. The molecule has 7 nitrogen and oxygen atoms in total. The van der Waals surface area contributed by atoms with Gasteiger partial charge >= 0.3 is 0 Å². The van der Waals surface area contributed by atoms with Crippen LogP contribution in [-0.2, 0) is 0 Å². The van der Waals surface area contributed by atoms with E-state index in [2.05, 4.69) is 61.4 Å². The van der Waals surface area contributed by atoms with E-state index >= 15 is 0 Å². The highest BCUT2D eigenvalue weighted by Gasteiger charge is 2.19. The van der Waals surface area contributed by atoms with Gasteiger partial charge in [0.25, 0.3) is 5.91 Å². The first-order chi connectivity index (χ1) is 15.0. The monoisotopic (exact) mass is 432 g/mol. The Bertz CT molecular complexity index is 1240. The van der Waals surface area contributed by atoms with Crippen LogP contribution in [0.4, 0.5) is 5.82 Å². The Kier molecular flexibility index (Phi) is 5.25. The number of nitrogens with zero attached hydrogens (tertiary/aromatic N) is 5. The van der Waals surface area contributed by atoms with Gasteiger partial charge in [0.2, 0.25) is 0 Å². The Morgan fingerprint density at radius 1 is 1.06 bits per heavy atom. The molecular weight excluding hydrogens is 408 g/mol. The molecular formula is C23H24N6OS. The Morgan fingerprint density at radius 3 is 2.68 bits per heavy atom. The number of fused-ring (bicyclic) bond motifs is 1. The molecule has 5 rings (SSSR count). The van der Waals surface area contributed by atoms with Crippen molar-refractivity contribution in [3.05, 3.63) is 58.9 Å². The molecule has 0 aliphatic carbocycles. The predicted molar refractivity (Wildman–Crippen MR) is 124 cm³/mol. The van der Waals surface area contributed by atoms with Gasteiger partial charge in [-0.3, -0.25) is 9.48 Å². The number of rotatable bonds is 4. The quantitative estimate of drug-likeness (QED) is 0.518. The number of nitrogens with one attached hydrogen (secondary N) is 1. The molecule has 31 heavy (non-hydrogen) atoms. The fourth-order valence-electron chi connectivity index (χ4n) is 3.98. The molecule has 1 saturated heterocycles. The smallest absolute Gasteiger partial charge is 0.268 e. The maximum absolute atomic E-state index is 12.4. The lowest BCUT2D eigenvalue weighted by Crippen LogP contribution is -2.31. The van der Waals surface area contributed by atoms with Gasteiger partial charge in [-0.1, -0.05) is 12.1 Å². The van der Waals surface area contributed by atoms with Gasteiger partial charge in [0, 0.05) is 23.3 Å². The number of hydrogen-bond donors (Lipinski definition) is 1. The Morgan fingerprint density at radius 2 is 1.90 bits per heavy atom. The SMILES string of the molecule is Cc1ncc(C(=O)Nc2cc3cc(-c4cnn(C5CCN(C)CC5)c4)ccc3cn2)s1. The van der Waals surface area contributed by atoms with Crippen molar-refractivity contribution in [3.63, 3.8) is 0 Å². The molecule has 0 unspecified atom stereocenters. The third-order valence-corrected chi connectivity index (χ3v) is 6.72. The number of hydrogen-bond acceptors (Lipinski definition) is 6. The standard InChI is InChI=1S/C23H24N6OS/c1-15-24-13-21(31-15)23(30)27-22-10-18-9-16(3-4-17(18)11-25-22)19-12-26-29(14-19)20-5-7-28(2)8-6-20/h3-4,9-14,20H,5-8H2,1-2H3,(H,25,27,30). The maximum Gasteiger partial charge on any atom is 0.268 e. The minimum atomic E-state index is -0.187. The number of benzene rings is 1. The number of carbonyl (C=O) groups excluding carboxylic acids is 1. The summed E-state index contributed by atoms with van der Waals surface area (Å²) in [5.74, 6) is 0.343. The normalized spacial score (nSPS) is 15.4. The summed E-state index contributed by atoms with van der Waals surface area (Å²) in [6, 6.07) is 8.65. The zero-order chi connectivity index (χ0) is 21.4. The highest BCUT2D eigenvalue weighted by molar-refractivity contribution is 7.13. The second kappa shape index (κ2) is 8.20. The number of aryl methyl sites for hydroxylation is 1. The molecule has 1 fully saturated rings. The van der Waals surface area contributed by atoms with Crippen molar-refractivity contribution in [2.45, 2.75) is 25.8 Å². The molecule has 3 aromatic heterocycles. The molecule has 0 radical (unpaired) electrons. The predicted octanol–water partition coefficient (Wildman–Crippen LogP) is 4.38. The van der Waals surface area contributed by atoms with Crippen molar-refractivity contribution in [2.75, 3.05) is 25.5 Å². The molecule has 1 aromatic carbocycles. The van der Waals surface area contributed by atoms with Crippen molar-refractivity contribution in [2.24, 2.45) is 0 Å². The van der Waals surface area contributed by atoms with Crippen molar-refractivity contribution < 1.29 is 4.79 Å². The molecule has 1 amide bonds. The van der Waals surface area contributed by atoms with Gasteiger partial charge < -0.3 is 10.2 Å². The highest BCUT2D eigenvalue weighted by Crippen LogP contribution is 2.28. The van der Waals surface area contributed by atoms with E-state index < -0.39 is 0 Å². The van der Waals surface area contributed by atoms with Gasteiger partial charge in [-0.15, -0.1) is 11.3 Å². The minimum absolute atomic E-state index is 0.187. The summed E-state index contributed by atoms with van der Waals surface area (Å²) in [5, 5.41) is 10.4. The summed E-state index contributed by atoms with van der Waals surface area (Å²) in [6.07, 6.45) is 9.72. The zero-order valence-electron chi connectivity index (χ0n) is 17.6. The van der Waals surface area contributed by atoms with Crippen LogP contribution in [0.15, 0.2) is 49.1 Å². The van der Waals surface area contributed by atoms with Crippen molar-refractivity contribution in [1.29, 1.82) is 0 Å². The number of likely N-dealkylation sites (tertiary alicyclic amines) is 1. The summed E-state index contributed by atoms with van der Waals surface area (Å²) in [7, 11) is 2.17. The molecule has 0 atom stereocenters. The average molecular weight is 433 g/mol. The first kappa shape index (κ1) is 19.8. The average Bonchev–Trinajstić information content (AvgIpc) is 3.43. The van der Waals surface area contributed by atoms with Crippen LogP contribution in [0.2, 0.25) is 0 Å². The third kappa shape index (κ3) is 4.22. The van der Waals surface area contributed by atoms with E-state index in [1.54, 1.807) is 12.4 Å². The molecule has 4 aromatic rings. The molecule has 8 heteroatoms. The lowest BCUT2D eigenvalue weighted by Gasteiger charge is -2.28. The number of piperidine rings is 1. The Balaban J connectivity index is 1.37. The number of thiazole rings is 1. The lowest BCUT2D eigenvalue weighted by atomic mass is 10.0. The Labute approximate surface area is 184 Å².